The van der Waals surface area contributed by atoms with Crippen LogP contribution in [-0.2, 0) is 24.3 Å². The molecule has 1 saturated heterocycles. The zero-order valence-corrected chi connectivity index (χ0v) is 23.9. The minimum Gasteiger partial charge on any atom is -0.472 e. The third kappa shape index (κ3) is 5.85. The monoisotopic (exact) mass is 588 g/mol. The molecule has 2 saturated carbocycles. The molecule has 3 fully saturated rings. The molecule has 1 aromatic carbocycles. The number of pyridine rings is 1. The van der Waals surface area contributed by atoms with Crippen LogP contribution >= 0.6 is 0 Å². The maximum Gasteiger partial charge on any atom is 0.411 e. The number of sulfonamides is 1. The Morgan fingerprint density at radius 2 is 1.93 bits per heavy atom. The molecule has 0 spiro atoms. The van der Waals surface area contributed by atoms with E-state index < -0.39 is 68.2 Å². The van der Waals surface area contributed by atoms with Crippen molar-refractivity contribution in [1.29, 1.82) is 0 Å². The zero-order chi connectivity index (χ0) is 29.7. The lowest BCUT2D eigenvalue weighted by Crippen LogP contribution is -2.56. The van der Waals surface area contributed by atoms with Crippen molar-refractivity contribution in [3.8, 4) is 5.88 Å². The maximum atomic E-state index is 14.3. The number of carbonyl (C=O) groups excluding carboxylic acids is 3. The van der Waals surface area contributed by atoms with Crippen molar-refractivity contribution in [1.82, 2.24) is 19.9 Å². The lowest BCUT2D eigenvalue weighted by Gasteiger charge is -2.29. The number of rotatable bonds is 8. The number of halogens is 1. The van der Waals surface area contributed by atoms with Gasteiger partial charge in [0.05, 0.1) is 11.8 Å². The molecule has 2 aromatic rings. The van der Waals surface area contributed by atoms with Gasteiger partial charge in [0, 0.05) is 29.3 Å². The van der Waals surface area contributed by atoms with Crippen LogP contribution in [0, 0.1) is 11.7 Å². The van der Waals surface area contributed by atoms with Crippen molar-refractivity contribution >= 4 is 38.7 Å². The fourth-order valence-electron chi connectivity index (χ4n) is 5.07. The smallest absolute Gasteiger partial charge is 0.411 e. The molecule has 13 heteroatoms. The molecule has 41 heavy (non-hydrogen) atoms. The summed E-state index contributed by atoms with van der Waals surface area (Å²) in [4.78, 5) is 45.4. The van der Waals surface area contributed by atoms with E-state index in [1.54, 1.807) is 26.8 Å². The Morgan fingerprint density at radius 1 is 1.20 bits per heavy atom. The van der Waals surface area contributed by atoms with Gasteiger partial charge in [-0.3, -0.25) is 19.2 Å². The molecule has 2 unspecified atom stereocenters. The van der Waals surface area contributed by atoms with Crippen LogP contribution in [-0.4, -0.2) is 71.3 Å². The largest absolute Gasteiger partial charge is 0.472 e. The quantitative estimate of drug-likeness (QED) is 0.448. The van der Waals surface area contributed by atoms with E-state index in [4.69, 9.17) is 9.47 Å². The first kappa shape index (κ1) is 28.8. The summed E-state index contributed by atoms with van der Waals surface area (Å²) in [5.74, 6) is -2.28. The van der Waals surface area contributed by atoms with Crippen molar-refractivity contribution < 1.29 is 36.7 Å². The van der Waals surface area contributed by atoms with Gasteiger partial charge in [-0.1, -0.05) is 12.1 Å². The van der Waals surface area contributed by atoms with Crippen LogP contribution in [0.3, 0.4) is 0 Å². The number of fused-ring (bicyclic) bond motifs is 1. The van der Waals surface area contributed by atoms with Gasteiger partial charge < -0.3 is 14.8 Å². The van der Waals surface area contributed by atoms with Crippen LogP contribution in [0.25, 0.3) is 10.8 Å². The van der Waals surface area contributed by atoms with E-state index in [1.807, 2.05) is 0 Å². The molecule has 0 bridgehead atoms. The summed E-state index contributed by atoms with van der Waals surface area (Å²) >= 11 is 0. The van der Waals surface area contributed by atoms with Gasteiger partial charge in [-0.05, 0) is 58.2 Å². The summed E-state index contributed by atoms with van der Waals surface area (Å²) in [5.41, 5.74) is -2.36. The van der Waals surface area contributed by atoms with E-state index >= 15 is 0 Å². The molecule has 2 N–H and O–H groups in total. The van der Waals surface area contributed by atoms with Gasteiger partial charge in [0.1, 0.15) is 29.1 Å². The van der Waals surface area contributed by atoms with Crippen molar-refractivity contribution in [2.24, 2.45) is 5.92 Å². The molecule has 0 radical (unpaired) electrons. The van der Waals surface area contributed by atoms with E-state index in [-0.39, 0.29) is 25.3 Å². The molecule has 3 amide bonds. The van der Waals surface area contributed by atoms with Crippen LogP contribution in [0.1, 0.15) is 46.5 Å². The fraction of sp³-hybridized carbons (Fsp3) is 0.500. The van der Waals surface area contributed by atoms with Crippen LogP contribution < -0.4 is 14.8 Å². The SMILES string of the molecule is C=C[C@@H]1C[C@]1(NC(=O)C1CC(Oc2nccc3c(F)cccc23)CN1C(=O)OC(C)(C)C)C(=O)NS(=O)(=O)C1CC1. The third-order valence-electron chi connectivity index (χ3n) is 7.44. The molecular weight excluding hydrogens is 555 g/mol. The normalized spacial score (nSPS) is 25.9. The van der Waals surface area contributed by atoms with Crippen molar-refractivity contribution in [2.75, 3.05) is 6.54 Å². The highest BCUT2D eigenvalue weighted by atomic mass is 32.2. The van der Waals surface area contributed by atoms with Gasteiger partial charge in [0.15, 0.2) is 0 Å². The van der Waals surface area contributed by atoms with Gasteiger partial charge in [0.25, 0.3) is 5.91 Å². The predicted molar refractivity (Wildman–Crippen MR) is 147 cm³/mol. The molecule has 2 heterocycles. The van der Waals surface area contributed by atoms with Crippen LogP contribution in [0.5, 0.6) is 5.88 Å². The first-order chi connectivity index (χ1) is 19.2. The van der Waals surface area contributed by atoms with E-state index in [1.165, 1.54) is 35.4 Å². The number of hydrogen-bond acceptors (Lipinski definition) is 8. The van der Waals surface area contributed by atoms with Crippen molar-refractivity contribution in [3.05, 3.63) is 48.9 Å². The lowest BCUT2D eigenvalue weighted by atomic mass is 10.1. The number of hydrogen-bond donors (Lipinski definition) is 2. The van der Waals surface area contributed by atoms with E-state index in [2.05, 4.69) is 21.6 Å². The molecule has 2 aliphatic carbocycles. The molecule has 5 rings (SSSR count). The Labute approximate surface area is 237 Å². The Hall–Kier alpha value is -3.74. The number of likely N-dealkylation sites (tertiary alicyclic amines) is 1. The predicted octanol–water partition coefficient (Wildman–Crippen LogP) is 2.80. The first-order valence-electron chi connectivity index (χ1n) is 13.4. The second-order valence-electron chi connectivity index (χ2n) is 11.8. The summed E-state index contributed by atoms with van der Waals surface area (Å²) < 4.78 is 52.9. The molecule has 3 aliphatic rings. The number of benzene rings is 1. The highest BCUT2D eigenvalue weighted by molar-refractivity contribution is 7.91. The second-order valence-corrected chi connectivity index (χ2v) is 13.7. The van der Waals surface area contributed by atoms with E-state index in [0.29, 0.717) is 23.6 Å². The Kier molecular flexibility index (Phi) is 7.21. The zero-order valence-electron chi connectivity index (χ0n) is 23.1. The molecule has 4 atom stereocenters. The van der Waals surface area contributed by atoms with Crippen molar-refractivity contribution in [3.63, 3.8) is 0 Å². The second kappa shape index (κ2) is 10.3. The van der Waals surface area contributed by atoms with Gasteiger partial charge in [-0.2, -0.15) is 0 Å². The third-order valence-corrected chi connectivity index (χ3v) is 9.26. The van der Waals surface area contributed by atoms with Crippen LogP contribution in [0.15, 0.2) is 43.1 Å². The summed E-state index contributed by atoms with van der Waals surface area (Å²) in [6.07, 6.45) is 2.56. The molecule has 1 aliphatic heterocycles. The average molecular weight is 589 g/mol. The fourth-order valence-corrected chi connectivity index (χ4v) is 6.43. The number of aromatic nitrogens is 1. The number of carbonyl (C=O) groups is 3. The van der Waals surface area contributed by atoms with Gasteiger partial charge in [-0.25, -0.2) is 22.6 Å². The molecule has 1 aromatic heterocycles. The minimum atomic E-state index is -3.85. The number of ether oxygens (including phenoxy) is 2. The highest BCUT2D eigenvalue weighted by Crippen LogP contribution is 2.45. The van der Waals surface area contributed by atoms with Gasteiger partial charge in [-0.15, -0.1) is 6.58 Å². The Bertz CT molecular complexity index is 1520. The molecular formula is C28H33FN4O7S. The Balaban J connectivity index is 1.38. The van der Waals surface area contributed by atoms with Gasteiger partial charge in [0.2, 0.25) is 21.8 Å². The highest BCUT2D eigenvalue weighted by Gasteiger charge is 2.62. The maximum absolute atomic E-state index is 14.3. The number of nitrogens with zero attached hydrogens (tertiary/aromatic N) is 2. The van der Waals surface area contributed by atoms with Crippen LogP contribution in [0.4, 0.5) is 9.18 Å². The average Bonchev–Trinajstić information content (AvgIpc) is 3.80. The first-order valence-corrected chi connectivity index (χ1v) is 15.0. The standard InChI is InChI=1S/C28H33FN4O7S/c1-5-16-14-28(16,25(35)32-41(37,38)18-9-10-18)31-23(34)22-13-17(15-33(22)26(36)40-27(2,3)4)39-24-20-7-6-8-21(29)19(20)11-12-30-24/h5-8,11-12,16-18,22H,1,9-10,13-15H2,2-4H3,(H,31,34)(H,32,35)/t16-,17?,22?,28-/m1/s1. The van der Waals surface area contributed by atoms with Crippen LogP contribution in [0.2, 0.25) is 0 Å². The summed E-state index contributed by atoms with van der Waals surface area (Å²) in [6, 6.07) is 4.94. The topological polar surface area (TPSA) is 144 Å². The van der Waals surface area contributed by atoms with E-state index in [9.17, 15) is 27.2 Å². The summed E-state index contributed by atoms with van der Waals surface area (Å²) in [5, 5.41) is 2.83. The number of amides is 3. The minimum absolute atomic E-state index is 0.0231. The van der Waals surface area contributed by atoms with Gasteiger partial charge >= 0.3 is 6.09 Å². The number of nitrogens with one attached hydrogen (secondary N) is 2. The summed E-state index contributed by atoms with van der Waals surface area (Å²) in [7, 11) is -3.85. The van der Waals surface area contributed by atoms with E-state index in [0.717, 1.165) is 0 Å². The molecule has 220 valence electrons. The Morgan fingerprint density at radius 3 is 2.56 bits per heavy atom. The van der Waals surface area contributed by atoms with Crippen molar-refractivity contribution in [2.45, 2.75) is 75.0 Å². The molecule has 11 nitrogen and oxygen atoms in total. The summed E-state index contributed by atoms with van der Waals surface area (Å²) in [6.45, 7) is 8.74. The lowest BCUT2D eigenvalue weighted by molar-refractivity contribution is -0.131.